The molecule has 1 amide bonds. The second kappa shape index (κ2) is 7.30. The summed E-state index contributed by atoms with van der Waals surface area (Å²) in [6, 6.07) is 19.6. The van der Waals surface area contributed by atoms with Crippen molar-refractivity contribution in [2.45, 2.75) is 25.7 Å². The van der Waals surface area contributed by atoms with Gasteiger partial charge in [-0.1, -0.05) is 71.5 Å². The molecule has 0 aromatic heterocycles. The van der Waals surface area contributed by atoms with Crippen LogP contribution < -0.4 is 10.4 Å². The van der Waals surface area contributed by atoms with E-state index in [0.29, 0.717) is 6.42 Å². The summed E-state index contributed by atoms with van der Waals surface area (Å²) < 4.78 is 0. The molecule has 1 aliphatic carbocycles. The highest BCUT2D eigenvalue weighted by atomic mass is 16.6. The van der Waals surface area contributed by atoms with Crippen molar-refractivity contribution in [1.29, 1.82) is 0 Å². The number of hydrogen-bond acceptors (Lipinski definition) is 4. The highest BCUT2D eigenvalue weighted by molar-refractivity contribution is 5.98. The average Bonchev–Trinajstić information content (AvgIpc) is 3.47. The molecule has 0 unspecified atom stereocenters. The second-order valence-electron chi connectivity index (χ2n) is 7.89. The minimum absolute atomic E-state index is 0.0662. The Labute approximate surface area is 174 Å². The summed E-state index contributed by atoms with van der Waals surface area (Å²) in [6.45, 7) is 4.02. The molecule has 0 saturated heterocycles. The standard InChI is InChI=1S/C24H22N2O4/c1-15-5-3-7-17(11-15)24(18-8-4-6-16(2)12-18)14-20(24)23(28)25-21-13-19(26(29)30)9-10-22(21)27/h3-13,20,27H,14H2,1-2H3,(H,25,28)/p-1/t20-/m0/s1. The van der Waals surface area contributed by atoms with Crippen molar-refractivity contribution < 1.29 is 14.8 Å². The van der Waals surface area contributed by atoms with Gasteiger partial charge in [0.15, 0.2) is 0 Å². The molecule has 1 fully saturated rings. The quantitative estimate of drug-likeness (QED) is 0.511. The minimum Gasteiger partial charge on any atom is -0.871 e. The maximum atomic E-state index is 13.1. The zero-order chi connectivity index (χ0) is 21.5. The summed E-state index contributed by atoms with van der Waals surface area (Å²) in [5.74, 6) is -1.14. The van der Waals surface area contributed by atoms with Gasteiger partial charge >= 0.3 is 0 Å². The number of amides is 1. The van der Waals surface area contributed by atoms with Crippen LogP contribution in [-0.4, -0.2) is 10.8 Å². The fourth-order valence-corrected chi connectivity index (χ4v) is 4.18. The van der Waals surface area contributed by atoms with Gasteiger partial charge in [-0.2, -0.15) is 0 Å². The van der Waals surface area contributed by atoms with Gasteiger partial charge in [-0.25, -0.2) is 0 Å². The van der Waals surface area contributed by atoms with Crippen LogP contribution in [0.15, 0.2) is 66.7 Å². The van der Waals surface area contributed by atoms with Gasteiger partial charge in [0.05, 0.1) is 10.8 Å². The Hall–Kier alpha value is -3.67. The van der Waals surface area contributed by atoms with E-state index in [1.54, 1.807) is 0 Å². The highest BCUT2D eigenvalue weighted by Crippen LogP contribution is 2.59. The lowest BCUT2D eigenvalue weighted by molar-refractivity contribution is -0.385. The van der Waals surface area contributed by atoms with Gasteiger partial charge in [0, 0.05) is 23.2 Å². The average molecular weight is 401 g/mol. The van der Waals surface area contributed by atoms with Gasteiger partial charge in [0.25, 0.3) is 5.69 Å². The molecule has 152 valence electrons. The number of anilines is 1. The summed E-state index contributed by atoms with van der Waals surface area (Å²) in [6.07, 6.45) is 0.606. The van der Waals surface area contributed by atoms with Crippen LogP contribution in [-0.2, 0) is 10.2 Å². The van der Waals surface area contributed by atoms with Crippen LogP contribution in [0.1, 0.15) is 28.7 Å². The highest BCUT2D eigenvalue weighted by Gasteiger charge is 2.60. The molecule has 1 atom stereocenters. The van der Waals surface area contributed by atoms with E-state index in [1.165, 1.54) is 0 Å². The van der Waals surface area contributed by atoms with E-state index in [4.69, 9.17) is 0 Å². The Bertz CT molecular complexity index is 1110. The van der Waals surface area contributed by atoms with E-state index in [0.717, 1.165) is 40.5 Å². The van der Waals surface area contributed by atoms with Crippen molar-refractivity contribution in [3.8, 4) is 5.75 Å². The number of rotatable bonds is 5. The molecule has 3 aromatic carbocycles. The van der Waals surface area contributed by atoms with Crippen molar-refractivity contribution in [3.05, 3.63) is 99.1 Å². The van der Waals surface area contributed by atoms with Gasteiger partial charge in [-0.05, 0) is 31.4 Å². The lowest BCUT2D eigenvalue weighted by Gasteiger charge is -2.21. The molecule has 4 rings (SSSR count). The normalized spacial score (nSPS) is 16.7. The van der Waals surface area contributed by atoms with Crippen LogP contribution in [0.3, 0.4) is 0 Å². The SMILES string of the molecule is Cc1cccc(C2(c3cccc(C)c3)C[C@H]2C(=O)Nc2cc([N+](=O)[O-])ccc2[O-])c1. The lowest BCUT2D eigenvalue weighted by Crippen LogP contribution is -2.23. The molecule has 1 N–H and O–H groups in total. The van der Waals surface area contributed by atoms with Crippen LogP contribution in [0.4, 0.5) is 11.4 Å². The maximum Gasteiger partial charge on any atom is 0.271 e. The van der Waals surface area contributed by atoms with Gasteiger partial charge in [0.2, 0.25) is 5.91 Å². The molecule has 6 heteroatoms. The predicted octanol–water partition coefficient (Wildman–Crippen LogP) is 4.23. The number of benzene rings is 3. The third-order valence-electron chi connectivity index (χ3n) is 5.78. The first-order valence-electron chi connectivity index (χ1n) is 9.72. The van der Waals surface area contributed by atoms with Crippen LogP contribution in [0, 0.1) is 29.9 Å². The minimum atomic E-state index is -0.587. The number of nitrogens with zero attached hydrogens (tertiary/aromatic N) is 1. The molecule has 1 aliphatic rings. The van der Waals surface area contributed by atoms with Crippen molar-refractivity contribution in [2.24, 2.45) is 5.92 Å². The predicted molar refractivity (Wildman–Crippen MR) is 112 cm³/mol. The summed E-state index contributed by atoms with van der Waals surface area (Å²) in [7, 11) is 0. The largest absolute Gasteiger partial charge is 0.871 e. The smallest absolute Gasteiger partial charge is 0.271 e. The van der Waals surface area contributed by atoms with Crippen LogP contribution in [0.5, 0.6) is 5.75 Å². The van der Waals surface area contributed by atoms with Crippen molar-refractivity contribution in [3.63, 3.8) is 0 Å². The number of hydrogen-bond donors (Lipinski definition) is 1. The maximum absolute atomic E-state index is 13.1. The molecular formula is C24H21N2O4-. The van der Waals surface area contributed by atoms with Crippen LogP contribution >= 0.6 is 0 Å². The molecule has 0 heterocycles. The van der Waals surface area contributed by atoms with E-state index in [1.807, 2.05) is 50.2 Å². The van der Waals surface area contributed by atoms with E-state index in [2.05, 4.69) is 17.4 Å². The van der Waals surface area contributed by atoms with Gasteiger partial charge in [0.1, 0.15) is 0 Å². The summed E-state index contributed by atoms with van der Waals surface area (Å²) in [5.41, 5.74) is 3.53. The van der Waals surface area contributed by atoms with Crippen molar-refractivity contribution in [1.82, 2.24) is 0 Å². The number of nitrogens with one attached hydrogen (secondary N) is 1. The first-order chi connectivity index (χ1) is 14.3. The van der Waals surface area contributed by atoms with Crippen LogP contribution in [0.2, 0.25) is 0 Å². The number of aryl methyl sites for hydroxylation is 2. The number of nitro groups is 1. The van der Waals surface area contributed by atoms with E-state index in [9.17, 15) is 20.0 Å². The first kappa shape index (κ1) is 19.6. The van der Waals surface area contributed by atoms with Gasteiger partial charge < -0.3 is 10.4 Å². The Kier molecular flexibility index (Phi) is 4.78. The van der Waals surface area contributed by atoms with E-state index < -0.39 is 16.1 Å². The Morgan fingerprint density at radius 3 is 2.13 bits per heavy atom. The molecule has 0 aliphatic heterocycles. The van der Waals surface area contributed by atoms with Crippen molar-refractivity contribution >= 4 is 17.3 Å². The summed E-state index contributed by atoms with van der Waals surface area (Å²) in [5, 5.41) is 25.8. The first-order valence-corrected chi connectivity index (χ1v) is 9.72. The molecule has 3 aromatic rings. The molecule has 6 nitrogen and oxygen atoms in total. The second-order valence-corrected chi connectivity index (χ2v) is 7.89. The summed E-state index contributed by atoms with van der Waals surface area (Å²) in [4.78, 5) is 23.6. The summed E-state index contributed by atoms with van der Waals surface area (Å²) >= 11 is 0. The van der Waals surface area contributed by atoms with Crippen molar-refractivity contribution in [2.75, 3.05) is 5.32 Å². The fourth-order valence-electron chi connectivity index (χ4n) is 4.18. The third kappa shape index (κ3) is 3.41. The monoisotopic (exact) mass is 401 g/mol. The number of non-ortho nitro benzene ring substituents is 1. The Balaban J connectivity index is 1.70. The molecule has 0 bridgehead atoms. The molecule has 0 spiro atoms. The fraction of sp³-hybridized carbons (Fsp3) is 0.208. The molecule has 30 heavy (non-hydrogen) atoms. The Morgan fingerprint density at radius 2 is 1.60 bits per heavy atom. The van der Waals surface area contributed by atoms with E-state index in [-0.39, 0.29) is 23.2 Å². The van der Waals surface area contributed by atoms with Crippen LogP contribution in [0.25, 0.3) is 0 Å². The molecular weight excluding hydrogens is 380 g/mol. The number of nitro benzene ring substituents is 1. The molecule has 1 saturated carbocycles. The van der Waals surface area contributed by atoms with Gasteiger partial charge in [-0.3, -0.25) is 14.9 Å². The van der Waals surface area contributed by atoms with E-state index >= 15 is 0 Å². The molecule has 0 radical (unpaired) electrons. The van der Waals surface area contributed by atoms with Gasteiger partial charge in [-0.15, -0.1) is 0 Å². The third-order valence-corrected chi connectivity index (χ3v) is 5.78. The topological polar surface area (TPSA) is 95.3 Å². The zero-order valence-electron chi connectivity index (χ0n) is 16.7. The number of carbonyl (C=O) groups excluding carboxylic acids is 1. The Morgan fingerprint density at radius 1 is 1.00 bits per heavy atom. The number of carbonyl (C=O) groups is 1. The lowest BCUT2D eigenvalue weighted by atomic mass is 9.84. The zero-order valence-corrected chi connectivity index (χ0v) is 16.7.